The van der Waals surface area contributed by atoms with Crippen molar-refractivity contribution < 1.29 is 4.42 Å². The van der Waals surface area contributed by atoms with E-state index in [4.69, 9.17) is 4.42 Å². The Morgan fingerprint density at radius 1 is 0.328 bits per heavy atom. The summed E-state index contributed by atoms with van der Waals surface area (Å²) in [6.45, 7) is 0. The maximum atomic E-state index is 6.28. The van der Waals surface area contributed by atoms with Gasteiger partial charge in [-0.2, -0.15) is 0 Å². The second-order valence-electron chi connectivity index (χ2n) is 15.6. The molecule has 61 heavy (non-hydrogen) atoms. The van der Waals surface area contributed by atoms with Gasteiger partial charge < -0.3 is 9.32 Å². The number of rotatable bonds is 7. The third-order valence-electron chi connectivity index (χ3n) is 12.1. The van der Waals surface area contributed by atoms with Gasteiger partial charge in [0.2, 0.25) is 0 Å². The van der Waals surface area contributed by atoms with Gasteiger partial charge in [0.1, 0.15) is 11.2 Å². The van der Waals surface area contributed by atoms with E-state index < -0.39 is 0 Å². The van der Waals surface area contributed by atoms with Crippen molar-refractivity contribution in [2.45, 2.75) is 0 Å². The normalized spacial score (nSPS) is 11.6. The Balaban J connectivity index is 0.986. The molecule has 3 heteroatoms. The zero-order valence-corrected chi connectivity index (χ0v) is 33.9. The Kier molecular flexibility index (Phi) is 8.39. The van der Waals surface area contributed by atoms with Crippen LogP contribution in [-0.2, 0) is 0 Å². The van der Waals surface area contributed by atoms with E-state index in [1.807, 2.05) is 23.5 Å². The summed E-state index contributed by atoms with van der Waals surface area (Å²) in [5, 5.41) is 7.38. The molecule has 0 aliphatic heterocycles. The Bertz CT molecular complexity index is 3590. The molecule has 2 nitrogen and oxygen atoms in total. The fraction of sp³-hybridized carbons (Fsp3) is 0. The molecular formula is C58H37NOS. The molecule has 0 unspecified atom stereocenters. The van der Waals surface area contributed by atoms with Crippen molar-refractivity contribution in [3.8, 4) is 44.5 Å². The zero-order valence-electron chi connectivity index (χ0n) is 33.1. The molecule has 0 radical (unpaired) electrons. The number of anilines is 3. The minimum absolute atomic E-state index is 0.899. The van der Waals surface area contributed by atoms with Crippen molar-refractivity contribution in [2.75, 3.05) is 4.90 Å². The molecule has 0 N–H and O–H groups in total. The predicted octanol–water partition coefficient (Wildman–Crippen LogP) is 17.2. The van der Waals surface area contributed by atoms with Gasteiger partial charge in [-0.3, -0.25) is 0 Å². The van der Waals surface area contributed by atoms with Crippen molar-refractivity contribution >= 4 is 81.3 Å². The average Bonchev–Trinajstić information content (AvgIpc) is 3.90. The van der Waals surface area contributed by atoms with Crippen LogP contribution in [0, 0.1) is 0 Å². The first-order valence-corrected chi connectivity index (χ1v) is 21.6. The van der Waals surface area contributed by atoms with Crippen LogP contribution >= 0.6 is 11.3 Å². The highest BCUT2D eigenvalue weighted by Crippen LogP contribution is 2.47. The molecule has 12 rings (SSSR count). The van der Waals surface area contributed by atoms with E-state index in [-0.39, 0.29) is 0 Å². The minimum Gasteiger partial charge on any atom is -0.456 e. The highest BCUT2D eigenvalue weighted by molar-refractivity contribution is 7.25. The SMILES string of the molecule is c1cc(-c2ccc(-c3cccc4ccccc34)cc2)cc(N(c2ccc(-c3ccc4c(c3)oc3ccccc34)cc2)c2ccccc2-c2cccc3sc4ccccc4c23)c1. The van der Waals surface area contributed by atoms with Gasteiger partial charge in [0.25, 0.3) is 0 Å². The molecule has 0 spiro atoms. The molecule has 286 valence electrons. The van der Waals surface area contributed by atoms with Gasteiger partial charge in [0, 0.05) is 47.9 Å². The van der Waals surface area contributed by atoms with Crippen LogP contribution in [0.15, 0.2) is 229 Å². The topological polar surface area (TPSA) is 16.4 Å². The van der Waals surface area contributed by atoms with Crippen LogP contribution in [0.3, 0.4) is 0 Å². The standard InChI is InChI=1S/C58H37NOS/c1-2-16-46-40(12-1)13-10-20-47(46)41-28-26-38(27-29-41)42-14-9-15-45(36-42)59(44-33-30-39(31-34-44)43-32-35-50-49-18-4-7-23-54(49)60-55(50)37-43)53-22-6-3-17-48(53)51-21-11-25-57-58(51)52-19-5-8-24-56(52)61-57/h1-37H. The van der Waals surface area contributed by atoms with Crippen molar-refractivity contribution in [2.24, 2.45) is 0 Å². The predicted molar refractivity (Wildman–Crippen MR) is 261 cm³/mol. The Morgan fingerprint density at radius 3 is 1.80 bits per heavy atom. The lowest BCUT2D eigenvalue weighted by molar-refractivity contribution is 0.669. The molecular weight excluding hydrogens is 759 g/mol. The summed E-state index contributed by atoms with van der Waals surface area (Å²) in [7, 11) is 0. The van der Waals surface area contributed by atoms with Crippen molar-refractivity contribution in [3.05, 3.63) is 224 Å². The number of fused-ring (bicyclic) bond motifs is 7. The lowest BCUT2D eigenvalue weighted by Gasteiger charge is -2.28. The third-order valence-corrected chi connectivity index (χ3v) is 13.2. The first-order valence-electron chi connectivity index (χ1n) is 20.7. The molecule has 0 aliphatic carbocycles. The molecule has 10 aromatic carbocycles. The van der Waals surface area contributed by atoms with Gasteiger partial charge in [-0.1, -0.05) is 164 Å². The molecule has 0 fully saturated rings. The van der Waals surface area contributed by atoms with Gasteiger partial charge in [-0.05, 0) is 110 Å². The van der Waals surface area contributed by atoms with Crippen LogP contribution in [0.1, 0.15) is 0 Å². The van der Waals surface area contributed by atoms with Gasteiger partial charge in [-0.25, -0.2) is 0 Å². The Labute approximate surface area is 357 Å². The van der Waals surface area contributed by atoms with Crippen LogP contribution in [0.25, 0.3) is 97.4 Å². The number of thiophene rings is 1. The minimum atomic E-state index is 0.899. The van der Waals surface area contributed by atoms with E-state index in [2.05, 4.69) is 217 Å². The van der Waals surface area contributed by atoms with Crippen LogP contribution in [0.5, 0.6) is 0 Å². The van der Waals surface area contributed by atoms with E-state index in [9.17, 15) is 0 Å². The van der Waals surface area contributed by atoms with E-state index in [0.29, 0.717) is 0 Å². The van der Waals surface area contributed by atoms with Gasteiger partial charge in [0.05, 0.1) is 5.69 Å². The first-order chi connectivity index (χ1) is 30.2. The molecule has 0 aliphatic rings. The van der Waals surface area contributed by atoms with E-state index in [0.717, 1.165) is 55.7 Å². The van der Waals surface area contributed by atoms with Gasteiger partial charge in [0.15, 0.2) is 0 Å². The van der Waals surface area contributed by atoms with E-state index in [1.54, 1.807) is 0 Å². The van der Waals surface area contributed by atoms with Gasteiger partial charge >= 0.3 is 0 Å². The summed E-state index contributed by atoms with van der Waals surface area (Å²) in [4.78, 5) is 2.42. The fourth-order valence-electron chi connectivity index (χ4n) is 9.18. The zero-order chi connectivity index (χ0) is 40.3. The second kappa shape index (κ2) is 14.5. The summed E-state index contributed by atoms with van der Waals surface area (Å²) in [5.74, 6) is 0. The van der Waals surface area contributed by atoms with Crippen LogP contribution < -0.4 is 4.90 Å². The largest absolute Gasteiger partial charge is 0.456 e. The molecule has 2 aromatic heterocycles. The van der Waals surface area contributed by atoms with Crippen molar-refractivity contribution in [1.82, 2.24) is 0 Å². The smallest absolute Gasteiger partial charge is 0.136 e. The lowest BCUT2D eigenvalue weighted by Crippen LogP contribution is -2.11. The number of furan rings is 1. The van der Waals surface area contributed by atoms with Crippen LogP contribution in [0.2, 0.25) is 0 Å². The number of nitrogens with zero attached hydrogens (tertiary/aromatic N) is 1. The molecule has 0 atom stereocenters. The number of hydrogen-bond acceptors (Lipinski definition) is 3. The quantitative estimate of drug-likeness (QED) is 0.160. The van der Waals surface area contributed by atoms with E-state index in [1.165, 1.54) is 58.8 Å². The maximum absolute atomic E-state index is 6.28. The summed E-state index contributed by atoms with van der Waals surface area (Å²) < 4.78 is 8.88. The van der Waals surface area contributed by atoms with Crippen LogP contribution in [0.4, 0.5) is 17.1 Å². The fourth-order valence-corrected chi connectivity index (χ4v) is 10.3. The highest BCUT2D eigenvalue weighted by Gasteiger charge is 2.21. The lowest BCUT2D eigenvalue weighted by atomic mass is 9.95. The highest BCUT2D eigenvalue weighted by atomic mass is 32.1. The molecule has 2 heterocycles. The summed E-state index contributed by atoms with van der Waals surface area (Å²) >= 11 is 1.86. The third kappa shape index (κ3) is 6.09. The summed E-state index contributed by atoms with van der Waals surface area (Å²) in [5.41, 5.74) is 14.5. The molecule has 0 amide bonds. The first kappa shape index (κ1) is 35.2. The second-order valence-corrected chi connectivity index (χ2v) is 16.7. The molecule has 0 saturated heterocycles. The molecule has 12 aromatic rings. The van der Waals surface area contributed by atoms with E-state index >= 15 is 0 Å². The summed E-state index contributed by atoms with van der Waals surface area (Å²) in [6.07, 6.45) is 0. The Hall–Kier alpha value is -7.72. The molecule has 0 saturated carbocycles. The van der Waals surface area contributed by atoms with Gasteiger partial charge in [-0.15, -0.1) is 11.3 Å². The number of para-hydroxylation sites is 2. The Morgan fingerprint density at radius 2 is 0.918 bits per heavy atom. The monoisotopic (exact) mass is 795 g/mol. The number of benzene rings is 10. The average molecular weight is 796 g/mol. The van der Waals surface area contributed by atoms with Crippen molar-refractivity contribution in [1.29, 1.82) is 0 Å². The maximum Gasteiger partial charge on any atom is 0.136 e. The molecule has 0 bridgehead atoms. The summed E-state index contributed by atoms with van der Waals surface area (Å²) in [6, 6.07) is 81.3. The number of hydrogen-bond donors (Lipinski definition) is 0. The van der Waals surface area contributed by atoms with Crippen molar-refractivity contribution in [3.63, 3.8) is 0 Å². The van der Waals surface area contributed by atoms with Crippen LogP contribution in [-0.4, -0.2) is 0 Å².